The van der Waals surface area contributed by atoms with Crippen LogP contribution in [-0.2, 0) is 30.8 Å². The number of aliphatic carboxylic acids is 1. The van der Waals surface area contributed by atoms with Gasteiger partial charge in [-0.3, -0.25) is 4.68 Å². The van der Waals surface area contributed by atoms with Crippen LogP contribution in [0, 0.1) is 0 Å². The van der Waals surface area contributed by atoms with Crippen LogP contribution in [0.2, 0.25) is 0 Å². The number of hydrogen-bond acceptors (Lipinski definition) is 6. The molecule has 0 aliphatic carbocycles. The Balaban J connectivity index is 1.50. The number of nitrogens with zero attached hydrogens (tertiary/aromatic N) is 2. The molecule has 0 saturated carbocycles. The van der Waals surface area contributed by atoms with Gasteiger partial charge in [-0.2, -0.15) is 5.10 Å². The molecule has 3 aromatic carbocycles. The molecule has 0 radical (unpaired) electrons. The smallest absolute Gasteiger partial charge is 0.336 e. The molecule has 4 aromatic rings. The summed E-state index contributed by atoms with van der Waals surface area (Å²) in [7, 11) is 1.56. The van der Waals surface area contributed by atoms with Crippen LogP contribution in [0.25, 0.3) is 17.3 Å². The lowest BCUT2D eigenvalue weighted by molar-refractivity contribution is -0.132. The highest BCUT2D eigenvalue weighted by atomic mass is 16.5. The molecule has 0 fully saturated rings. The van der Waals surface area contributed by atoms with Crippen molar-refractivity contribution in [2.24, 2.45) is 0 Å². The summed E-state index contributed by atoms with van der Waals surface area (Å²) in [6.45, 7) is 3.39. The van der Waals surface area contributed by atoms with Crippen LogP contribution in [0.4, 0.5) is 0 Å². The molecule has 1 aliphatic rings. The van der Waals surface area contributed by atoms with E-state index in [1.807, 2.05) is 41.1 Å². The Morgan fingerprint density at radius 2 is 1.91 bits per heavy atom. The Hall–Kier alpha value is -5.05. The first-order valence-electron chi connectivity index (χ1n) is 14.2. The van der Waals surface area contributed by atoms with Crippen LogP contribution in [0.15, 0.2) is 72.3 Å². The highest BCUT2D eigenvalue weighted by Crippen LogP contribution is 2.35. The number of ether oxygens (including phenoxy) is 3. The average molecular weight is 583 g/mol. The van der Waals surface area contributed by atoms with Crippen molar-refractivity contribution in [3.05, 3.63) is 100 Å². The Kier molecular flexibility index (Phi) is 9.10. The second kappa shape index (κ2) is 13.3. The molecule has 1 aromatic heterocycles. The third-order valence-corrected chi connectivity index (χ3v) is 7.36. The summed E-state index contributed by atoms with van der Waals surface area (Å²) in [4.78, 5) is 24.0. The maximum absolute atomic E-state index is 12.3. The number of fused-ring (bicyclic) bond motifs is 1. The van der Waals surface area contributed by atoms with Gasteiger partial charge in [0.05, 0.1) is 30.7 Å². The second-order valence-corrected chi connectivity index (χ2v) is 10.3. The van der Waals surface area contributed by atoms with E-state index in [1.54, 1.807) is 43.5 Å². The predicted molar refractivity (Wildman–Crippen MR) is 162 cm³/mol. The molecule has 1 aliphatic heterocycles. The van der Waals surface area contributed by atoms with Crippen LogP contribution in [0.5, 0.6) is 17.2 Å². The molecule has 0 amide bonds. The predicted octanol–water partition coefficient (Wildman–Crippen LogP) is 6.28. The van der Waals surface area contributed by atoms with Crippen molar-refractivity contribution in [2.75, 3.05) is 13.7 Å². The number of aryl methyl sites for hydroxylation is 1. The molecule has 0 unspecified atom stereocenters. The molecule has 0 bridgehead atoms. The third kappa shape index (κ3) is 6.89. The van der Waals surface area contributed by atoms with Gasteiger partial charge in [-0.1, -0.05) is 43.7 Å². The molecule has 9 heteroatoms. The van der Waals surface area contributed by atoms with E-state index in [0.717, 1.165) is 47.4 Å². The van der Waals surface area contributed by atoms with Gasteiger partial charge in [0, 0.05) is 42.2 Å². The maximum Gasteiger partial charge on any atom is 0.336 e. The van der Waals surface area contributed by atoms with Gasteiger partial charge in [0.15, 0.2) is 0 Å². The number of carboxylic acid groups (broad SMARTS) is 2. The van der Waals surface area contributed by atoms with Crippen LogP contribution >= 0.6 is 0 Å². The Labute approximate surface area is 250 Å². The van der Waals surface area contributed by atoms with E-state index in [-0.39, 0.29) is 24.2 Å². The molecule has 222 valence electrons. The highest BCUT2D eigenvalue weighted by Gasteiger charge is 2.19. The number of methoxy groups -OCH3 is 1. The lowest BCUT2D eigenvalue weighted by Crippen LogP contribution is -2.07. The molecule has 0 atom stereocenters. The maximum atomic E-state index is 12.3. The largest absolute Gasteiger partial charge is 0.497 e. The molecule has 0 saturated heterocycles. The third-order valence-electron chi connectivity index (χ3n) is 7.36. The van der Waals surface area contributed by atoms with E-state index < -0.39 is 11.9 Å². The Bertz CT molecular complexity index is 1670. The minimum absolute atomic E-state index is 0.0352. The average Bonchev–Trinajstić information content (AvgIpc) is 3.65. The fraction of sp³-hybridized carbons (Fsp3) is 0.265. The summed E-state index contributed by atoms with van der Waals surface area (Å²) in [5, 5.41) is 24.4. The molecule has 2 N–H and O–H groups in total. The molecule has 43 heavy (non-hydrogen) atoms. The normalized spacial score (nSPS) is 12.5. The van der Waals surface area contributed by atoms with Crippen LogP contribution < -0.4 is 14.2 Å². The number of carboxylic acids is 2. The van der Waals surface area contributed by atoms with Gasteiger partial charge in [-0.25, -0.2) is 9.59 Å². The summed E-state index contributed by atoms with van der Waals surface area (Å²) >= 11 is 0. The van der Waals surface area contributed by atoms with Crippen LogP contribution in [-0.4, -0.2) is 45.6 Å². The summed E-state index contributed by atoms with van der Waals surface area (Å²) in [5.41, 5.74) is 4.92. The van der Waals surface area contributed by atoms with Crippen LogP contribution in [0.1, 0.15) is 52.5 Å². The number of aromatic nitrogens is 2. The van der Waals surface area contributed by atoms with Crippen LogP contribution in [0.3, 0.4) is 0 Å². The van der Waals surface area contributed by atoms with E-state index in [9.17, 15) is 19.8 Å². The lowest BCUT2D eigenvalue weighted by Gasteiger charge is -2.15. The summed E-state index contributed by atoms with van der Waals surface area (Å²) < 4.78 is 19.1. The van der Waals surface area contributed by atoms with Crippen molar-refractivity contribution in [2.45, 2.75) is 45.8 Å². The second-order valence-electron chi connectivity index (χ2n) is 10.3. The van der Waals surface area contributed by atoms with Gasteiger partial charge in [0.1, 0.15) is 23.9 Å². The number of hydrogen-bond donors (Lipinski definition) is 2. The van der Waals surface area contributed by atoms with Crippen molar-refractivity contribution < 1.29 is 34.0 Å². The van der Waals surface area contributed by atoms with E-state index in [2.05, 4.69) is 6.92 Å². The highest BCUT2D eigenvalue weighted by molar-refractivity contribution is 5.92. The summed E-state index contributed by atoms with van der Waals surface area (Å²) in [6, 6.07) is 19.8. The zero-order valence-electron chi connectivity index (χ0n) is 24.2. The number of carbonyl (C=O) groups is 2. The first-order valence-corrected chi connectivity index (χ1v) is 14.2. The van der Waals surface area contributed by atoms with Crippen molar-refractivity contribution >= 4 is 18.0 Å². The minimum Gasteiger partial charge on any atom is -0.497 e. The number of unbranched alkanes of at least 4 members (excludes halogenated alkanes) is 1. The monoisotopic (exact) mass is 582 g/mol. The number of aromatic carboxylic acids is 1. The summed E-state index contributed by atoms with van der Waals surface area (Å²) in [5.74, 6) is -0.106. The zero-order chi connectivity index (χ0) is 30.3. The van der Waals surface area contributed by atoms with E-state index in [4.69, 9.17) is 19.3 Å². The van der Waals surface area contributed by atoms with Crippen molar-refractivity contribution in [3.63, 3.8) is 0 Å². The summed E-state index contributed by atoms with van der Waals surface area (Å²) in [6.07, 6.45) is 4.50. The molecular formula is C34H34N2O7. The fourth-order valence-corrected chi connectivity index (χ4v) is 5.11. The molecule has 0 spiro atoms. The molecular weight excluding hydrogens is 548 g/mol. The SMILES string of the molecule is CCCCn1nc(C=C(Cc2ccc3c(c2)CCO3)C(=O)O)cc1-c1ccc(OC)cc1OCc1ccccc1C(=O)O. The van der Waals surface area contributed by atoms with Gasteiger partial charge in [0.25, 0.3) is 0 Å². The van der Waals surface area contributed by atoms with Gasteiger partial charge in [-0.05, 0) is 54.0 Å². The molecule has 9 nitrogen and oxygen atoms in total. The first-order chi connectivity index (χ1) is 20.9. The standard InChI is InChI=1S/C34H34N2O7/c1-3-4-14-36-30(19-26(35-36)18-25(33(37)38)17-22-9-12-31-23(16-22)13-15-42-31)29-11-10-27(41-2)20-32(29)43-21-24-7-5-6-8-28(24)34(39)40/h5-12,16,18-20H,3-4,13-15,17,21H2,1-2H3,(H,37,38)(H,39,40). The fourth-order valence-electron chi connectivity index (χ4n) is 5.11. The van der Waals surface area contributed by atoms with Gasteiger partial charge in [-0.15, -0.1) is 0 Å². The quantitative estimate of drug-likeness (QED) is 0.177. The van der Waals surface area contributed by atoms with E-state index >= 15 is 0 Å². The Morgan fingerprint density at radius 1 is 1.07 bits per heavy atom. The van der Waals surface area contributed by atoms with Gasteiger partial charge in [0.2, 0.25) is 0 Å². The minimum atomic E-state index is -1.03. The van der Waals surface area contributed by atoms with Gasteiger partial charge < -0.3 is 24.4 Å². The van der Waals surface area contributed by atoms with Gasteiger partial charge >= 0.3 is 11.9 Å². The molecule has 5 rings (SSSR count). The van der Waals surface area contributed by atoms with Crippen molar-refractivity contribution in [1.29, 1.82) is 0 Å². The van der Waals surface area contributed by atoms with E-state index in [1.165, 1.54) is 0 Å². The topological polar surface area (TPSA) is 120 Å². The van der Waals surface area contributed by atoms with E-state index in [0.29, 0.717) is 35.9 Å². The molecule has 2 heterocycles. The zero-order valence-corrected chi connectivity index (χ0v) is 24.2. The van der Waals surface area contributed by atoms with Crippen molar-refractivity contribution in [1.82, 2.24) is 9.78 Å². The lowest BCUT2D eigenvalue weighted by atomic mass is 10.0. The number of benzene rings is 3. The Morgan fingerprint density at radius 3 is 2.67 bits per heavy atom. The van der Waals surface area contributed by atoms with Crippen molar-refractivity contribution in [3.8, 4) is 28.5 Å². The first kappa shape index (κ1) is 29.4. The number of rotatable bonds is 13.